The Labute approximate surface area is 97.5 Å². The lowest BCUT2D eigenvalue weighted by Gasteiger charge is -2.13. The van der Waals surface area contributed by atoms with Gasteiger partial charge in [-0.3, -0.25) is 4.90 Å². The molecule has 2 heterocycles. The van der Waals surface area contributed by atoms with Crippen LogP contribution in [0.4, 0.5) is 5.82 Å². The van der Waals surface area contributed by atoms with Crippen LogP contribution in [0.15, 0.2) is 11.4 Å². The van der Waals surface area contributed by atoms with E-state index in [2.05, 4.69) is 9.97 Å². The van der Waals surface area contributed by atoms with Gasteiger partial charge in [-0.25, -0.2) is 9.97 Å². The molecule has 0 aliphatic heterocycles. The standard InChI is InChI=1S/C10H14N4OS/c1-14(3-4-15)6-8-12-9(11)7-2-5-16-10(7)13-8/h2,5,15H,3-4,6H2,1H3,(H2,11,12,13). The molecule has 0 fully saturated rings. The molecular weight excluding hydrogens is 224 g/mol. The van der Waals surface area contributed by atoms with Crippen LogP contribution in [0.1, 0.15) is 5.82 Å². The van der Waals surface area contributed by atoms with Crippen molar-refractivity contribution in [2.75, 3.05) is 25.9 Å². The summed E-state index contributed by atoms with van der Waals surface area (Å²) in [6.45, 7) is 1.33. The Morgan fingerprint density at radius 3 is 3.06 bits per heavy atom. The topological polar surface area (TPSA) is 75.3 Å². The Morgan fingerprint density at radius 1 is 1.50 bits per heavy atom. The summed E-state index contributed by atoms with van der Waals surface area (Å²) in [6.07, 6.45) is 0. The molecule has 0 saturated heterocycles. The van der Waals surface area contributed by atoms with E-state index in [1.54, 1.807) is 11.3 Å². The van der Waals surface area contributed by atoms with Crippen molar-refractivity contribution < 1.29 is 5.11 Å². The van der Waals surface area contributed by atoms with Crippen molar-refractivity contribution in [3.8, 4) is 0 Å². The summed E-state index contributed by atoms with van der Waals surface area (Å²) in [5.74, 6) is 1.22. The number of aliphatic hydroxyl groups excluding tert-OH is 1. The molecule has 86 valence electrons. The molecular formula is C10H14N4OS. The normalized spacial score (nSPS) is 11.4. The zero-order chi connectivity index (χ0) is 11.5. The Bertz CT molecular complexity index is 485. The minimum atomic E-state index is 0.132. The van der Waals surface area contributed by atoms with E-state index in [0.29, 0.717) is 24.7 Å². The fraction of sp³-hybridized carbons (Fsp3) is 0.400. The van der Waals surface area contributed by atoms with Gasteiger partial charge >= 0.3 is 0 Å². The summed E-state index contributed by atoms with van der Waals surface area (Å²) >= 11 is 1.56. The summed E-state index contributed by atoms with van der Waals surface area (Å²) < 4.78 is 0. The molecule has 3 N–H and O–H groups in total. The van der Waals surface area contributed by atoms with Gasteiger partial charge in [0.15, 0.2) is 0 Å². The third-order valence-corrected chi connectivity index (χ3v) is 3.10. The minimum absolute atomic E-state index is 0.132. The number of anilines is 1. The minimum Gasteiger partial charge on any atom is -0.395 e. The lowest BCUT2D eigenvalue weighted by atomic mass is 10.4. The molecule has 6 heteroatoms. The maximum Gasteiger partial charge on any atom is 0.146 e. The molecule has 0 aliphatic carbocycles. The molecule has 0 amide bonds. The summed E-state index contributed by atoms with van der Waals surface area (Å²) in [6, 6.07) is 1.93. The van der Waals surface area contributed by atoms with Gasteiger partial charge in [0.25, 0.3) is 0 Å². The number of thiophene rings is 1. The molecule has 0 bridgehead atoms. The third kappa shape index (κ3) is 2.29. The maximum absolute atomic E-state index is 8.80. The lowest BCUT2D eigenvalue weighted by molar-refractivity contribution is 0.215. The molecule has 2 rings (SSSR count). The van der Waals surface area contributed by atoms with E-state index in [4.69, 9.17) is 10.8 Å². The van der Waals surface area contributed by atoms with Crippen molar-refractivity contribution in [3.05, 3.63) is 17.3 Å². The number of nitrogen functional groups attached to an aromatic ring is 1. The quantitative estimate of drug-likeness (QED) is 0.820. The van der Waals surface area contributed by atoms with Crippen molar-refractivity contribution in [2.24, 2.45) is 0 Å². The second kappa shape index (κ2) is 4.73. The van der Waals surface area contributed by atoms with E-state index < -0.39 is 0 Å². The highest BCUT2D eigenvalue weighted by Gasteiger charge is 2.08. The first-order valence-electron chi connectivity index (χ1n) is 4.99. The maximum atomic E-state index is 8.80. The van der Waals surface area contributed by atoms with Gasteiger partial charge in [-0.2, -0.15) is 0 Å². The molecule has 0 aliphatic rings. The monoisotopic (exact) mass is 238 g/mol. The summed E-state index contributed by atoms with van der Waals surface area (Å²) in [4.78, 5) is 11.5. The Hall–Kier alpha value is -1.24. The number of rotatable bonds is 4. The highest BCUT2D eigenvalue weighted by atomic mass is 32.1. The summed E-state index contributed by atoms with van der Waals surface area (Å²) in [5.41, 5.74) is 5.84. The summed E-state index contributed by atoms with van der Waals surface area (Å²) in [7, 11) is 1.91. The lowest BCUT2D eigenvalue weighted by Crippen LogP contribution is -2.22. The van der Waals surface area contributed by atoms with E-state index in [1.807, 2.05) is 23.4 Å². The van der Waals surface area contributed by atoms with Crippen molar-refractivity contribution >= 4 is 27.4 Å². The van der Waals surface area contributed by atoms with Gasteiger partial charge in [-0.15, -0.1) is 11.3 Å². The predicted molar refractivity (Wildman–Crippen MR) is 65.2 cm³/mol. The first kappa shape index (κ1) is 11.3. The zero-order valence-corrected chi connectivity index (χ0v) is 9.87. The first-order chi connectivity index (χ1) is 7.70. The van der Waals surface area contributed by atoms with Gasteiger partial charge in [-0.05, 0) is 18.5 Å². The summed E-state index contributed by atoms with van der Waals surface area (Å²) in [5, 5.41) is 11.7. The van der Waals surface area contributed by atoms with E-state index in [1.165, 1.54) is 0 Å². The molecule has 0 saturated carbocycles. The van der Waals surface area contributed by atoms with Gasteiger partial charge in [0.05, 0.1) is 18.5 Å². The van der Waals surface area contributed by atoms with Crippen molar-refractivity contribution in [1.82, 2.24) is 14.9 Å². The van der Waals surface area contributed by atoms with Gasteiger partial charge in [0, 0.05) is 6.54 Å². The third-order valence-electron chi connectivity index (χ3n) is 2.29. The number of aliphatic hydroxyl groups is 1. The number of aromatic nitrogens is 2. The second-order valence-electron chi connectivity index (χ2n) is 3.63. The molecule has 0 spiro atoms. The van der Waals surface area contributed by atoms with Crippen LogP contribution in [0.5, 0.6) is 0 Å². The van der Waals surface area contributed by atoms with Crippen LogP contribution in [-0.4, -0.2) is 40.2 Å². The average Bonchev–Trinajstić information content (AvgIpc) is 2.66. The predicted octanol–water partition coefficient (Wildman–Crippen LogP) is 0.698. The van der Waals surface area contributed by atoms with Gasteiger partial charge < -0.3 is 10.8 Å². The number of nitrogens with two attached hydrogens (primary N) is 1. The number of nitrogens with zero attached hydrogens (tertiary/aromatic N) is 3. The number of fused-ring (bicyclic) bond motifs is 1. The molecule has 0 radical (unpaired) electrons. The zero-order valence-electron chi connectivity index (χ0n) is 9.05. The molecule has 2 aromatic rings. The van der Waals surface area contributed by atoms with Gasteiger partial charge in [0.1, 0.15) is 16.5 Å². The van der Waals surface area contributed by atoms with Crippen LogP contribution < -0.4 is 5.73 Å². The largest absolute Gasteiger partial charge is 0.395 e. The number of hydrogen-bond donors (Lipinski definition) is 2. The van der Waals surface area contributed by atoms with Crippen LogP contribution in [0, 0.1) is 0 Å². The van der Waals surface area contributed by atoms with E-state index >= 15 is 0 Å². The van der Waals surface area contributed by atoms with E-state index in [9.17, 15) is 0 Å². The molecule has 0 atom stereocenters. The Kier molecular flexibility index (Phi) is 3.33. The van der Waals surface area contributed by atoms with E-state index in [0.717, 1.165) is 10.2 Å². The van der Waals surface area contributed by atoms with Gasteiger partial charge in [-0.1, -0.05) is 0 Å². The van der Waals surface area contributed by atoms with Crippen LogP contribution in [-0.2, 0) is 6.54 Å². The SMILES string of the molecule is CN(CCO)Cc1nc(N)c2ccsc2n1. The molecule has 0 aromatic carbocycles. The molecule has 2 aromatic heterocycles. The smallest absolute Gasteiger partial charge is 0.146 e. The van der Waals surface area contributed by atoms with Crippen molar-refractivity contribution in [2.45, 2.75) is 6.54 Å². The molecule has 5 nitrogen and oxygen atoms in total. The van der Waals surface area contributed by atoms with Crippen LogP contribution >= 0.6 is 11.3 Å². The van der Waals surface area contributed by atoms with Crippen molar-refractivity contribution in [1.29, 1.82) is 0 Å². The van der Waals surface area contributed by atoms with E-state index in [-0.39, 0.29) is 6.61 Å². The van der Waals surface area contributed by atoms with Crippen LogP contribution in [0.3, 0.4) is 0 Å². The van der Waals surface area contributed by atoms with Crippen LogP contribution in [0.25, 0.3) is 10.2 Å². The van der Waals surface area contributed by atoms with Gasteiger partial charge in [0.2, 0.25) is 0 Å². The molecule has 16 heavy (non-hydrogen) atoms. The van der Waals surface area contributed by atoms with Crippen LogP contribution in [0.2, 0.25) is 0 Å². The Morgan fingerprint density at radius 2 is 2.31 bits per heavy atom. The molecule has 0 unspecified atom stereocenters. The number of hydrogen-bond acceptors (Lipinski definition) is 6. The average molecular weight is 238 g/mol. The Balaban J connectivity index is 2.24. The fourth-order valence-corrected chi connectivity index (χ4v) is 2.28. The highest BCUT2D eigenvalue weighted by molar-refractivity contribution is 7.16. The fourth-order valence-electron chi connectivity index (χ4n) is 1.49. The second-order valence-corrected chi connectivity index (χ2v) is 4.52. The first-order valence-corrected chi connectivity index (χ1v) is 5.87. The number of likely N-dealkylation sites (N-methyl/N-ethyl adjacent to an activating group) is 1. The highest BCUT2D eigenvalue weighted by Crippen LogP contribution is 2.22. The van der Waals surface area contributed by atoms with Crippen molar-refractivity contribution in [3.63, 3.8) is 0 Å².